The fourth-order valence-electron chi connectivity index (χ4n) is 1.23. The van der Waals surface area contributed by atoms with Gasteiger partial charge < -0.3 is 15.6 Å². The van der Waals surface area contributed by atoms with Crippen molar-refractivity contribution in [1.82, 2.24) is 0 Å². The monoisotopic (exact) mass is 201 g/mol. The van der Waals surface area contributed by atoms with Gasteiger partial charge in [-0.15, -0.1) is 0 Å². The zero-order chi connectivity index (χ0) is 10.0. The van der Waals surface area contributed by atoms with Crippen LogP contribution in [0.1, 0.15) is 11.1 Å². The molecule has 0 radical (unpaired) electrons. The number of rotatable bonds is 2. The first-order chi connectivity index (χ1) is 6.11. The molecule has 3 nitrogen and oxygen atoms in total. The maximum atomic E-state index is 9.66. The number of aryl methyl sites for hydroxylation is 1. The van der Waals surface area contributed by atoms with Crippen LogP contribution in [0.15, 0.2) is 6.07 Å². The average Bonchev–Trinajstić information content (AvgIpc) is 2.04. The van der Waals surface area contributed by atoms with Gasteiger partial charge in [0.15, 0.2) is 11.5 Å². The normalized spacial score (nSPS) is 10.2. The molecule has 0 saturated heterocycles. The molecule has 1 rings (SSSR count). The van der Waals surface area contributed by atoms with Crippen molar-refractivity contribution in [3.05, 3.63) is 22.2 Å². The van der Waals surface area contributed by atoms with Gasteiger partial charge in [-0.3, -0.25) is 0 Å². The molecular formula is C9H12ClNO2. The van der Waals surface area contributed by atoms with Crippen LogP contribution < -0.4 is 10.5 Å². The van der Waals surface area contributed by atoms with Gasteiger partial charge in [0.2, 0.25) is 0 Å². The third-order valence-corrected chi connectivity index (χ3v) is 2.23. The Kier molecular flexibility index (Phi) is 3.01. The number of aromatic hydroxyl groups is 1. The summed E-state index contributed by atoms with van der Waals surface area (Å²) >= 11 is 5.84. The molecule has 0 amide bonds. The van der Waals surface area contributed by atoms with Gasteiger partial charge in [-0.1, -0.05) is 11.6 Å². The van der Waals surface area contributed by atoms with E-state index in [2.05, 4.69) is 0 Å². The summed E-state index contributed by atoms with van der Waals surface area (Å²) < 4.78 is 4.94. The molecular weight excluding hydrogens is 190 g/mol. The van der Waals surface area contributed by atoms with Gasteiger partial charge in [-0.2, -0.15) is 0 Å². The highest BCUT2D eigenvalue weighted by Crippen LogP contribution is 2.38. The van der Waals surface area contributed by atoms with Crippen LogP contribution in [-0.2, 0) is 6.54 Å². The lowest BCUT2D eigenvalue weighted by molar-refractivity contribution is 0.370. The number of ether oxygens (including phenoxy) is 1. The summed E-state index contributed by atoms with van der Waals surface area (Å²) in [4.78, 5) is 0. The van der Waals surface area contributed by atoms with E-state index in [1.54, 1.807) is 6.07 Å². The minimum absolute atomic E-state index is 0.0370. The van der Waals surface area contributed by atoms with Gasteiger partial charge in [0, 0.05) is 12.1 Å². The Bertz CT molecular complexity index is 298. The Hall–Kier alpha value is -0.930. The third kappa shape index (κ3) is 1.71. The molecule has 0 saturated carbocycles. The van der Waals surface area contributed by atoms with E-state index in [9.17, 15) is 5.11 Å². The fraction of sp³-hybridized carbons (Fsp3) is 0.333. The lowest BCUT2D eigenvalue weighted by Gasteiger charge is -2.11. The lowest BCUT2D eigenvalue weighted by Crippen LogP contribution is -2.01. The first kappa shape index (κ1) is 10.2. The predicted octanol–water partition coefficient (Wildman–Crippen LogP) is 1.82. The van der Waals surface area contributed by atoms with Gasteiger partial charge in [-0.25, -0.2) is 0 Å². The summed E-state index contributed by atoms with van der Waals surface area (Å²) in [5.41, 5.74) is 7.00. The summed E-state index contributed by atoms with van der Waals surface area (Å²) in [6, 6.07) is 1.72. The predicted molar refractivity (Wildman–Crippen MR) is 52.3 cm³/mol. The van der Waals surface area contributed by atoms with Gasteiger partial charge in [0.1, 0.15) is 0 Å². The molecule has 4 heteroatoms. The first-order valence-corrected chi connectivity index (χ1v) is 4.24. The molecule has 1 aromatic carbocycles. The van der Waals surface area contributed by atoms with E-state index in [1.807, 2.05) is 6.92 Å². The van der Waals surface area contributed by atoms with E-state index < -0.39 is 0 Å². The van der Waals surface area contributed by atoms with E-state index in [4.69, 9.17) is 22.1 Å². The molecule has 0 aromatic heterocycles. The number of nitrogens with two attached hydrogens (primary N) is 1. The molecule has 3 N–H and O–H groups in total. The Labute approximate surface area is 82.1 Å². The Morgan fingerprint density at radius 1 is 1.62 bits per heavy atom. The highest BCUT2D eigenvalue weighted by atomic mass is 35.5. The molecule has 0 spiro atoms. The molecule has 0 aliphatic rings. The highest BCUT2D eigenvalue weighted by molar-refractivity contribution is 6.32. The Morgan fingerprint density at radius 2 is 2.23 bits per heavy atom. The van der Waals surface area contributed by atoms with Crippen molar-refractivity contribution in [1.29, 1.82) is 0 Å². The van der Waals surface area contributed by atoms with E-state index in [0.717, 1.165) is 5.56 Å². The molecule has 13 heavy (non-hydrogen) atoms. The van der Waals surface area contributed by atoms with E-state index in [1.165, 1.54) is 7.11 Å². The van der Waals surface area contributed by atoms with Crippen molar-refractivity contribution in [3.8, 4) is 11.5 Å². The Morgan fingerprint density at radius 3 is 2.69 bits per heavy atom. The molecule has 72 valence electrons. The van der Waals surface area contributed by atoms with Gasteiger partial charge in [-0.05, 0) is 18.6 Å². The van der Waals surface area contributed by atoms with Crippen LogP contribution in [0.5, 0.6) is 11.5 Å². The minimum Gasteiger partial charge on any atom is -0.504 e. The van der Waals surface area contributed by atoms with E-state index >= 15 is 0 Å². The molecule has 0 aliphatic carbocycles. The molecule has 0 fully saturated rings. The quantitative estimate of drug-likeness (QED) is 0.768. The Balaban J connectivity index is 3.39. The second-order valence-corrected chi connectivity index (χ2v) is 3.15. The SMILES string of the molecule is COc1c(Cl)cc(C)c(CN)c1O. The number of phenolic OH excluding ortho intramolecular Hbond substituents is 1. The maximum absolute atomic E-state index is 9.66. The van der Waals surface area contributed by atoms with Gasteiger partial charge >= 0.3 is 0 Å². The summed E-state index contributed by atoms with van der Waals surface area (Å²) in [6.07, 6.45) is 0. The van der Waals surface area contributed by atoms with E-state index in [-0.39, 0.29) is 18.0 Å². The van der Waals surface area contributed by atoms with Crippen LogP contribution in [0.25, 0.3) is 0 Å². The van der Waals surface area contributed by atoms with Gasteiger partial charge in [0.05, 0.1) is 12.1 Å². The van der Waals surface area contributed by atoms with Crippen molar-refractivity contribution < 1.29 is 9.84 Å². The number of hydrogen-bond acceptors (Lipinski definition) is 3. The van der Waals surface area contributed by atoms with Crippen LogP contribution in [0.2, 0.25) is 5.02 Å². The second kappa shape index (κ2) is 3.85. The van der Waals surface area contributed by atoms with Crippen molar-refractivity contribution in [2.75, 3.05) is 7.11 Å². The molecule has 1 aromatic rings. The van der Waals surface area contributed by atoms with Crippen molar-refractivity contribution >= 4 is 11.6 Å². The molecule has 0 atom stereocenters. The molecule has 0 bridgehead atoms. The fourth-order valence-corrected chi connectivity index (χ4v) is 1.56. The number of phenols is 1. The zero-order valence-corrected chi connectivity index (χ0v) is 8.35. The van der Waals surface area contributed by atoms with Crippen LogP contribution in [0.4, 0.5) is 0 Å². The first-order valence-electron chi connectivity index (χ1n) is 3.86. The maximum Gasteiger partial charge on any atom is 0.179 e. The number of hydrogen-bond donors (Lipinski definition) is 2. The van der Waals surface area contributed by atoms with Crippen molar-refractivity contribution in [3.63, 3.8) is 0 Å². The molecule has 0 heterocycles. The third-order valence-electron chi connectivity index (χ3n) is 1.95. The minimum atomic E-state index is 0.0370. The van der Waals surface area contributed by atoms with Crippen LogP contribution >= 0.6 is 11.6 Å². The van der Waals surface area contributed by atoms with Crippen molar-refractivity contribution in [2.24, 2.45) is 5.73 Å². The smallest absolute Gasteiger partial charge is 0.179 e. The van der Waals surface area contributed by atoms with Gasteiger partial charge in [0.25, 0.3) is 0 Å². The summed E-state index contributed by atoms with van der Waals surface area (Å²) in [7, 11) is 1.45. The summed E-state index contributed by atoms with van der Waals surface area (Å²) in [5.74, 6) is 0.322. The number of halogens is 1. The molecule has 0 aliphatic heterocycles. The number of methoxy groups -OCH3 is 1. The van der Waals surface area contributed by atoms with Crippen molar-refractivity contribution in [2.45, 2.75) is 13.5 Å². The van der Waals surface area contributed by atoms with Crippen LogP contribution in [-0.4, -0.2) is 12.2 Å². The molecule has 0 unspecified atom stereocenters. The van der Waals surface area contributed by atoms with Crippen LogP contribution in [0, 0.1) is 6.92 Å². The zero-order valence-electron chi connectivity index (χ0n) is 7.60. The largest absolute Gasteiger partial charge is 0.504 e. The topological polar surface area (TPSA) is 55.5 Å². The van der Waals surface area contributed by atoms with Crippen LogP contribution in [0.3, 0.4) is 0 Å². The second-order valence-electron chi connectivity index (χ2n) is 2.74. The average molecular weight is 202 g/mol. The highest BCUT2D eigenvalue weighted by Gasteiger charge is 2.13. The summed E-state index contributed by atoms with van der Waals surface area (Å²) in [6.45, 7) is 2.11. The lowest BCUT2D eigenvalue weighted by atomic mass is 10.1. The van der Waals surface area contributed by atoms with E-state index in [0.29, 0.717) is 10.6 Å². The number of benzene rings is 1. The summed E-state index contributed by atoms with van der Waals surface area (Å²) in [5, 5.41) is 10.1. The standard InChI is InChI=1S/C9H12ClNO2/c1-5-3-7(10)9(13-2)8(12)6(5)4-11/h3,12H,4,11H2,1-2H3.